The molecule has 34 heavy (non-hydrogen) atoms. The van der Waals surface area contributed by atoms with Crippen LogP contribution in [0.4, 0.5) is 19.1 Å². The second kappa shape index (κ2) is 7.67. The molecule has 4 aromatic heterocycles. The highest BCUT2D eigenvalue weighted by atomic mass is 19.3. The summed E-state index contributed by atoms with van der Waals surface area (Å²) in [6, 6.07) is 2.23. The second-order valence-corrected chi connectivity index (χ2v) is 8.78. The SMILES string of the molecule is CC(=O)N1C[C@@H](Nc2ncc3c(-c4ccc5nc(C)n(C(C)C)c5n4)c(F)cn3n2)C(F)(F)C1. The number of carbonyl (C=O) groups is 1. The van der Waals surface area contributed by atoms with Gasteiger partial charge in [-0.1, -0.05) is 0 Å². The molecular weight excluding hydrogens is 449 g/mol. The van der Waals surface area contributed by atoms with Gasteiger partial charge in [-0.25, -0.2) is 32.6 Å². The lowest BCUT2D eigenvalue weighted by Gasteiger charge is -2.18. The first-order valence-corrected chi connectivity index (χ1v) is 10.8. The van der Waals surface area contributed by atoms with Gasteiger partial charge in [0.15, 0.2) is 11.5 Å². The third-order valence-corrected chi connectivity index (χ3v) is 6.04. The fourth-order valence-corrected chi connectivity index (χ4v) is 4.43. The Labute approximate surface area is 192 Å². The van der Waals surface area contributed by atoms with E-state index in [1.165, 1.54) is 17.6 Å². The van der Waals surface area contributed by atoms with Gasteiger partial charge < -0.3 is 14.8 Å². The van der Waals surface area contributed by atoms with Gasteiger partial charge in [0.2, 0.25) is 11.9 Å². The first kappa shape index (κ1) is 22.1. The molecule has 178 valence electrons. The van der Waals surface area contributed by atoms with Gasteiger partial charge in [-0.15, -0.1) is 5.10 Å². The number of nitrogens with zero attached hydrogens (tertiary/aromatic N) is 7. The van der Waals surface area contributed by atoms with Crippen molar-refractivity contribution >= 4 is 28.5 Å². The number of likely N-dealkylation sites (tertiary alicyclic amines) is 1. The van der Waals surface area contributed by atoms with E-state index >= 15 is 4.39 Å². The third kappa shape index (κ3) is 3.53. The van der Waals surface area contributed by atoms with Crippen LogP contribution in [-0.2, 0) is 4.79 Å². The van der Waals surface area contributed by atoms with Crippen LogP contribution < -0.4 is 5.32 Å². The van der Waals surface area contributed by atoms with Crippen LogP contribution in [0, 0.1) is 12.7 Å². The van der Waals surface area contributed by atoms with Crippen molar-refractivity contribution in [3.8, 4) is 11.3 Å². The van der Waals surface area contributed by atoms with E-state index in [0.29, 0.717) is 22.4 Å². The van der Waals surface area contributed by atoms with E-state index in [9.17, 15) is 13.6 Å². The highest BCUT2D eigenvalue weighted by Crippen LogP contribution is 2.32. The van der Waals surface area contributed by atoms with Crippen LogP contribution in [0.25, 0.3) is 27.9 Å². The Kier molecular flexibility index (Phi) is 4.99. The molecule has 0 spiro atoms. The average molecular weight is 472 g/mol. The molecule has 0 aromatic carbocycles. The van der Waals surface area contributed by atoms with Crippen molar-refractivity contribution < 1.29 is 18.0 Å². The Morgan fingerprint density at radius 1 is 1.26 bits per heavy atom. The summed E-state index contributed by atoms with van der Waals surface area (Å²) < 4.78 is 46.9. The number of fused-ring (bicyclic) bond motifs is 2. The largest absolute Gasteiger partial charge is 0.342 e. The zero-order chi connectivity index (χ0) is 24.4. The molecule has 9 nitrogen and oxygen atoms in total. The van der Waals surface area contributed by atoms with E-state index in [-0.39, 0.29) is 24.1 Å². The molecule has 12 heteroatoms. The molecule has 0 unspecified atom stereocenters. The van der Waals surface area contributed by atoms with E-state index < -0.39 is 30.2 Å². The standard InChI is InChI=1S/C22H23F3N8O/c1-11(2)33-12(3)27-16-6-5-15(28-20(16)33)19-14(23)8-32-17(19)7-26-21(30-32)29-18-9-31(13(4)34)10-22(18,24)25/h5-8,11,18H,9-10H2,1-4H3,(H,29,30)/t18-/m1/s1. The summed E-state index contributed by atoms with van der Waals surface area (Å²) >= 11 is 0. The molecule has 0 saturated carbocycles. The lowest BCUT2D eigenvalue weighted by Crippen LogP contribution is -2.38. The average Bonchev–Trinajstić information content (AvgIpc) is 3.36. The van der Waals surface area contributed by atoms with Crippen LogP contribution in [0.15, 0.2) is 24.5 Å². The molecule has 0 bridgehead atoms. The lowest BCUT2D eigenvalue weighted by molar-refractivity contribution is -0.129. The van der Waals surface area contributed by atoms with E-state index in [4.69, 9.17) is 0 Å². The number of hydrogen-bond donors (Lipinski definition) is 1. The minimum absolute atomic E-state index is 0.0963. The van der Waals surface area contributed by atoms with Crippen molar-refractivity contribution in [3.05, 3.63) is 36.2 Å². The number of nitrogens with one attached hydrogen (secondary N) is 1. The fourth-order valence-electron chi connectivity index (χ4n) is 4.43. The first-order chi connectivity index (χ1) is 16.0. The van der Waals surface area contributed by atoms with Crippen molar-refractivity contribution in [1.29, 1.82) is 0 Å². The van der Waals surface area contributed by atoms with Crippen molar-refractivity contribution in [2.45, 2.75) is 45.7 Å². The topological polar surface area (TPSA) is 93.2 Å². The molecule has 1 amide bonds. The molecule has 5 rings (SSSR count). The maximum atomic E-state index is 15.0. The number of pyridine rings is 1. The maximum Gasteiger partial charge on any atom is 0.286 e. The van der Waals surface area contributed by atoms with Gasteiger partial charge in [0.1, 0.15) is 17.4 Å². The Hall–Kier alpha value is -3.70. The van der Waals surface area contributed by atoms with E-state index in [1.807, 2.05) is 25.3 Å². The minimum Gasteiger partial charge on any atom is -0.342 e. The van der Waals surface area contributed by atoms with Gasteiger partial charge in [-0.3, -0.25) is 4.79 Å². The van der Waals surface area contributed by atoms with Crippen LogP contribution in [0.1, 0.15) is 32.6 Å². The molecule has 1 fully saturated rings. The molecule has 1 N–H and O–H groups in total. The number of anilines is 1. The number of rotatable bonds is 4. The third-order valence-electron chi connectivity index (χ3n) is 6.04. The monoisotopic (exact) mass is 472 g/mol. The predicted octanol–water partition coefficient (Wildman–Crippen LogP) is 3.45. The Balaban J connectivity index is 1.51. The number of alkyl halides is 2. The van der Waals surface area contributed by atoms with Crippen molar-refractivity contribution in [2.75, 3.05) is 18.4 Å². The first-order valence-electron chi connectivity index (χ1n) is 10.8. The number of halogens is 3. The summed E-state index contributed by atoms with van der Waals surface area (Å²) in [4.78, 5) is 25.9. The zero-order valence-electron chi connectivity index (χ0n) is 19.1. The quantitative estimate of drug-likeness (QED) is 0.489. The zero-order valence-corrected chi connectivity index (χ0v) is 19.1. The van der Waals surface area contributed by atoms with Gasteiger partial charge in [0.05, 0.1) is 35.7 Å². The smallest absolute Gasteiger partial charge is 0.286 e. The Morgan fingerprint density at radius 3 is 2.71 bits per heavy atom. The van der Waals surface area contributed by atoms with Crippen molar-refractivity contribution in [3.63, 3.8) is 0 Å². The predicted molar refractivity (Wildman–Crippen MR) is 119 cm³/mol. The van der Waals surface area contributed by atoms with Crippen LogP contribution in [0.5, 0.6) is 0 Å². The molecule has 1 atom stereocenters. The number of aryl methyl sites for hydroxylation is 1. The lowest BCUT2D eigenvalue weighted by atomic mass is 10.2. The van der Waals surface area contributed by atoms with Crippen molar-refractivity contribution in [1.82, 2.24) is 34.0 Å². The molecule has 0 radical (unpaired) electrons. The maximum absolute atomic E-state index is 15.0. The Bertz CT molecular complexity index is 1430. The second-order valence-electron chi connectivity index (χ2n) is 8.78. The van der Waals surface area contributed by atoms with E-state index in [2.05, 4.69) is 25.4 Å². The molecule has 1 saturated heterocycles. The summed E-state index contributed by atoms with van der Waals surface area (Å²) in [6.45, 7) is 6.31. The molecule has 1 aliphatic heterocycles. The number of imidazole rings is 1. The molecule has 4 aromatic rings. The van der Waals surface area contributed by atoms with Gasteiger partial charge in [0, 0.05) is 19.5 Å². The summed E-state index contributed by atoms with van der Waals surface area (Å²) in [5.74, 6) is -3.44. The van der Waals surface area contributed by atoms with Crippen LogP contribution >= 0.6 is 0 Å². The van der Waals surface area contributed by atoms with Crippen molar-refractivity contribution in [2.24, 2.45) is 0 Å². The molecular formula is C22H23F3N8O. The highest BCUT2D eigenvalue weighted by molar-refractivity contribution is 5.83. The number of hydrogen-bond acceptors (Lipinski definition) is 6. The Morgan fingerprint density at radius 2 is 2.03 bits per heavy atom. The summed E-state index contributed by atoms with van der Waals surface area (Å²) in [5.41, 5.74) is 2.28. The molecule has 0 aliphatic carbocycles. The van der Waals surface area contributed by atoms with Crippen LogP contribution in [0.2, 0.25) is 0 Å². The van der Waals surface area contributed by atoms with E-state index in [0.717, 1.165) is 16.9 Å². The number of aromatic nitrogens is 6. The van der Waals surface area contributed by atoms with E-state index in [1.54, 1.807) is 12.1 Å². The molecule has 1 aliphatic rings. The highest BCUT2D eigenvalue weighted by Gasteiger charge is 2.49. The van der Waals surface area contributed by atoms with Crippen LogP contribution in [0.3, 0.4) is 0 Å². The summed E-state index contributed by atoms with van der Waals surface area (Å²) in [7, 11) is 0. The normalized spacial score (nSPS) is 17.9. The number of amides is 1. The fraction of sp³-hybridized carbons (Fsp3) is 0.409. The summed E-state index contributed by atoms with van der Waals surface area (Å²) in [6.07, 6.45) is 2.52. The van der Waals surface area contributed by atoms with Crippen LogP contribution in [-0.4, -0.2) is 65.0 Å². The van der Waals surface area contributed by atoms with Gasteiger partial charge in [-0.2, -0.15) is 0 Å². The summed E-state index contributed by atoms with van der Waals surface area (Å²) in [5, 5.41) is 6.75. The van der Waals surface area contributed by atoms with Gasteiger partial charge in [-0.05, 0) is 32.9 Å². The molecule has 5 heterocycles. The van der Waals surface area contributed by atoms with Gasteiger partial charge in [0.25, 0.3) is 5.92 Å². The van der Waals surface area contributed by atoms with Gasteiger partial charge >= 0.3 is 0 Å². The number of carbonyl (C=O) groups excluding carboxylic acids is 1. The minimum atomic E-state index is -3.14.